The molecule has 1 saturated heterocycles. The van der Waals surface area contributed by atoms with Gasteiger partial charge in [0.25, 0.3) is 5.91 Å². The van der Waals surface area contributed by atoms with Crippen molar-refractivity contribution in [3.05, 3.63) is 71.8 Å². The number of piperidine rings is 1. The summed E-state index contributed by atoms with van der Waals surface area (Å²) in [5.74, 6) is 0.811. The minimum absolute atomic E-state index is 0. The van der Waals surface area contributed by atoms with Crippen molar-refractivity contribution >= 4 is 35.8 Å². The van der Waals surface area contributed by atoms with E-state index in [2.05, 4.69) is 56.2 Å². The molecule has 0 radical (unpaired) electrons. The SMILES string of the molecule is CN=C(NCCCNC(=O)c1ccccc1)NC1CCN(Cc2ccccc2)CC1.I. The summed E-state index contributed by atoms with van der Waals surface area (Å²) in [4.78, 5) is 18.9. The van der Waals surface area contributed by atoms with E-state index in [1.165, 1.54) is 5.56 Å². The van der Waals surface area contributed by atoms with Gasteiger partial charge in [0.05, 0.1) is 0 Å². The fourth-order valence-electron chi connectivity index (χ4n) is 3.65. The van der Waals surface area contributed by atoms with Crippen molar-refractivity contribution in [1.29, 1.82) is 0 Å². The van der Waals surface area contributed by atoms with Gasteiger partial charge in [0.2, 0.25) is 0 Å². The molecule has 1 fully saturated rings. The second-order valence-corrected chi connectivity index (χ2v) is 7.65. The van der Waals surface area contributed by atoms with Gasteiger partial charge in [-0.2, -0.15) is 0 Å². The molecule has 1 aliphatic rings. The maximum Gasteiger partial charge on any atom is 0.251 e. The monoisotopic (exact) mass is 535 g/mol. The zero-order valence-corrected chi connectivity index (χ0v) is 20.5. The largest absolute Gasteiger partial charge is 0.356 e. The number of hydrogen-bond donors (Lipinski definition) is 3. The molecule has 2 aromatic carbocycles. The Hall–Kier alpha value is -2.13. The van der Waals surface area contributed by atoms with Crippen LogP contribution in [0.4, 0.5) is 0 Å². The fourth-order valence-corrected chi connectivity index (χ4v) is 3.65. The van der Waals surface area contributed by atoms with Gasteiger partial charge in [0.1, 0.15) is 0 Å². The molecule has 0 bridgehead atoms. The molecule has 3 rings (SSSR count). The fraction of sp³-hybridized carbons (Fsp3) is 0.417. The summed E-state index contributed by atoms with van der Waals surface area (Å²) in [5, 5.41) is 9.85. The van der Waals surface area contributed by atoms with E-state index in [1.54, 1.807) is 7.05 Å². The number of hydrogen-bond acceptors (Lipinski definition) is 3. The van der Waals surface area contributed by atoms with Crippen LogP contribution in [-0.4, -0.2) is 56.0 Å². The average Bonchev–Trinajstić information content (AvgIpc) is 2.80. The van der Waals surface area contributed by atoms with Crippen LogP contribution in [0.3, 0.4) is 0 Å². The molecule has 1 amide bonds. The van der Waals surface area contributed by atoms with E-state index in [0.717, 1.165) is 51.4 Å². The van der Waals surface area contributed by atoms with Gasteiger partial charge in [-0.15, -0.1) is 24.0 Å². The van der Waals surface area contributed by atoms with Crippen LogP contribution in [0.1, 0.15) is 35.2 Å². The standard InChI is InChI=1S/C24H33N5O.HI/c1-25-24(27-16-8-15-26-23(30)21-11-6-3-7-12-21)28-22-13-17-29(18-14-22)19-20-9-4-2-5-10-20;/h2-7,9-12,22H,8,13-19H2,1H3,(H,26,30)(H2,25,27,28);1H. The van der Waals surface area contributed by atoms with Crippen molar-refractivity contribution in [3.63, 3.8) is 0 Å². The number of benzene rings is 2. The van der Waals surface area contributed by atoms with Gasteiger partial charge in [0, 0.05) is 51.4 Å². The van der Waals surface area contributed by atoms with Crippen molar-refractivity contribution in [1.82, 2.24) is 20.9 Å². The van der Waals surface area contributed by atoms with Crippen LogP contribution in [0, 0.1) is 0 Å². The molecular formula is C24H34IN5O. The average molecular weight is 535 g/mol. The number of nitrogens with zero attached hydrogens (tertiary/aromatic N) is 2. The highest BCUT2D eigenvalue weighted by molar-refractivity contribution is 14.0. The van der Waals surface area contributed by atoms with Crippen molar-refractivity contribution in [2.24, 2.45) is 4.99 Å². The third-order valence-electron chi connectivity index (χ3n) is 5.37. The summed E-state index contributed by atoms with van der Waals surface area (Å²) >= 11 is 0. The normalized spacial score (nSPS) is 15.1. The lowest BCUT2D eigenvalue weighted by molar-refractivity contribution is 0.0953. The Morgan fingerprint density at radius 1 is 0.968 bits per heavy atom. The third kappa shape index (κ3) is 8.86. The van der Waals surface area contributed by atoms with Crippen LogP contribution < -0.4 is 16.0 Å². The summed E-state index contributed by atoms with van der Waals surface area (Å²) in [5.41, 5.74) is 2.07. The van der Waals surface area contributed by atoms with Crippen molar-refractivity contribution in [3.8, 4) is 0 Å². The second kappa shape index (κ2) is 14.0. The molecule has 0 unspecified atom stereocenters. The van der Waals surface area contributed by atoms with Crippen LogP contribution in [0.5, 0.6) is 0 Å². The van der Waals surface area contributed by atoms with Crippen molar-refractivity contribution < 1.29 is 4.79 Å². The number of rotatable bonds is 8. The number of guanidine groups is 1. The topological polar surface area (TPSA) is 68.8 Å². The highest BCUT2D eigenvalue weighted by Gasteiger charge is 2.19. The number of carbonyl (C=O) groups is 1. The highest BCUT2D eigenvalue weighted by Crippen LogP contribution is 2.13. The van der Waals surface area contributed by atoms with E-state index in [9.17, 15) is 4.79 Å². The number of nitrogens with one attached hydrogen (secondary N) is 3. The molecule has 2 aromatic rings. The lowest BCUT2D eigenvalue weighted by Crippen LogP contribution is -2.48. The first-order chi connectivity index (χ1) is 14.7. The quantitative estimate of drug-likeness (QED) is 0.210. The maximum absolute atomic E-state index is 12.0. The first-order valence-electron chi connectivity index (χ1n) is 10.8. The number of likely N-dealkylation sites (tertiary alicyclic amines) is 1. The molecule has 7 heteroatoms. The summed E-state index contributed by atoms with van der Waals surface area (Å²) in [6, 6.07) is 20.4. The minimum atomic E-state index is -0.0274. The van der Waals surface area contributed by atoms with Gasteiger partial charge in [-0.3, -0.25) is 14.7 Å². The van der Waals surface area contributed by atoms with E-state index in [1.807, 2.05) is 30.3 Å². The van der Waals surface area contributed by atoms with Crippen LogP contribution in [0.15, 0.2) is 65.7 Å². The van der Waals surface area contributed by atoms with Gasteiger partial charge in [0.15, 0.2) is 5.96 Å². The molecule has 168 valence electrons. The summed E-state index contributed by atoms with van der Waals surface area (Å²) < 4.78 is 0. The van der Waals surface area contributed by atoms with E-state index < -0.39 is 0 Å². The summed E-state index contributed by atoms with van der Waals surface area (Å²) in [6.07, 6.45) is 3.07. The van der Waals surface area contributed by atoms with Gasteiger partial charge in [-0.1, -0.05) is 48.5 Å². The Balaban J connectivity index is 0.00000341. The number of carbonyl (C=O) groups excluding carboxylic acids is 1. The lowest BCUT2D eigenvalue weighted by atomic mass is 10.0. The summed E-state index contributed by atoms with van der Waals surface area (Å²) in [7, 11) is 1.80. The van der Waals surface area contributed by atoms with E-state index in [-0.39, 0.29) is 29.9 Å². The number of aliphatic imine (C=N–C) groups is 1. The Morgan fingerprint density at radius 3 is 2.23 bits per heavy atom. The molecule has 1 heterocycles. The van der Waals surface area contributed by atoms with E-state index in [4.69, 9.17) is 0 Å². The molecule has 0 aliphatic carbocycles. The molecule has 1 aliphatic heterocycles. The van der Waals surface area contributed by atoms with Gasteiger partial charge >= 0.3 is 0 Å². The second-order valence-electron chi connectivity index (χ2n) is 7.65. The molecular weight excluding hydrogens is 501 g/mol. The minimum Gasteiger partial charge on any atom is -0.356 e. The lowest BCUT2D eigenvalue weighted by Gasteiger charge is -2.33. The highest BCUT2D eigenvalue weighted by atomic mass is 127. The Morgan fingerprint density at radius 2 is 1.58 bits per heavy atom. The molecule has 0 atom stereocenters. The molecule has 0 saturated carbocycles. The first-order valence-corrected chi connectivity index (χ1v) is 10.8. The summed E-state index contributed by atoms with van der Waals surface area (Å²) in [6.45, 7) is 4.61. The maximum atomic E-state index is 12.0. The zero-order valence-electron chi connectivity index (χ0n) is 18.2. The Kier molecular flexibility index (Phi) is 11.4. The van der Waals surface area contributed by atoms with Crippen LogP contribution in [-0.2, 0) is 6.54 Å². The van der Waals surface area contributed by atoms with Crippen LogP contribution in [0.2, 0.25) is 0 Å². The Bertz CT molecular complexity index is 792. The van der Waals surface area contributed by atoms with E-state index >= 15 is 0 Å². The van der Waals surface area contributed by atoms with Crippen LogP contribution in [0.25, 0.3) is 0 Å². The van der Waals surface area contributed by atoms with E-state index in [0.29, 0.717) is 18.2 Å². The number of amides is 1. The predicted octanol–water partition coefficient (Wildman–Crippen LogP) is 3.25. The molecule has 6 nitrogen and oxygen atoms in total. The molecule has 0 aromatic heterocycles. The molecule has 0 spiro atoms. The molecule has 3 N–H and O–H groups in total. The smallest absolute Gasteiger partial charge is 0.251 e. The van der Waals surface area contributed by atoms with Crippen molar-refractivity contribution in [2.75, 3.05) is 33.2 Å². The molecule has 31 heavy (non-hydrogen) atoms. The van der Waals surface area contributed by atoms with Gasteiger partial charge < -0.3 is 16.0 Å². The first kappa shape index (κ1) is 25.1. The number of halogens is 1. The van der Waals surface area contributed by atoms with Gasteiger partial charge in [-0.05, 0) is 37.0 Å². The zero-order chi connectivity index (χ0) is 21.0. The Labute approximate surface area is 202 Å². The van der Waals surface area contributed by atoms with Crippen molar-refractivity contribution in [2.45, 2.75) is 31.8 Å². The van der Waals surface area contributed by atoms with Gasteiger partial charge in [-0.25, -0.2) is 0 Å². The van der Waals surface area contributed by atoms with Crippen LogP contribution >= 0.6 is 24.0 Å². The predicted molar refractivity (Wildman–Crippen MR) is 138 cm³/mol. The third-order valence-corrected chi connectivity index (χ3v) is 5.37.